The summed E-state index contributed by atoms with van der Waals surface area (Å²) in [6.07, 6.45) is 2.85. The summed E-state index contributed by atoms with van der Waals surface area (Å²) in [6, 6.07) is 9.42. The molecule has 0 saturated carbocycles. The van der Waals surface area contributed by atoms with Crippen LogP contribution < -0.4 is 10.6 Å². The van der Waals surface area contributed by atoms with Gasteiger partial charge in [-0.3, -0.25) is 9.59 Å². The van der Waals surface area contributed by atoms with Crippen LogP contribution >= 0.6 is 11.3 Å². The Morgan fingerprint density at radius 3 is 2.67 bits per heavy atom. The van der Waals surface area contributed by atoms with Gasteiger partial charge in [-0.05, 0) is 63.4 Å². The molecule has 0 saturated heterocycles. The zero-order valence-electron chi connectivity index (χ0n) is 20.2. The molecule has 1 aliphatic carbocycles. The van der Waals surface area contributed by atoms with Crippen LogP contribution in [0, 0.1) is 0 Å². The Morgan fingerprint density at radius 2 is 1.94 bits per heavy atom. The summed E-state index contributed by atoms with van der Waals surface area (Å²) in [5, 5.41) is 19.6. The number of hydrogen-bond donors (Lipinski definition) is 2. The molecule has 3 heterocycles. The van der Waals surface area contributed by atoms with Crippen LogP contribution in [-0.2, 0) is 20.0 Å². The molecule has 2 amide bonds. The molecule has 36 heavy (non-hydrogen) atoms. The summed E-state index contributed by atoms with van der Waals surface area (Å²) in [6.45, 7) is 4.68. The van der Waals surface area contributed by atoms with Crippen LogP contribution in [0.2, 0.25) is 0 Å². The Balaban J connectivity index is 1.23. The maximum absolute atomic E-state index is 13.0. The molecule has 0 spiro atoms. The molecule has 184 valence electrons. The highest BCUT2D eigenvalue weighted by Crippen LogP contribution is 2.34. The number of carbonyl (C=O) groups is 2. The topological polar surface area (TPSA) is 128 Å². The minimum Gasteiger partial charge on any atom is -0.347 e. The average Bonchev–Trinajstić information content (AvgIpc) is 3.62. The van der Waals surface area contributed by atoms with Crippen LogP contribution in [0.1, 0.15) is 74.8 Å². The first-order valence-electron chi connectivity index (χ1n) is 11.7. The number of nitrogens with one attached hydrogen (secondary N) is 2. The fraction of sp³-hybridized carbons (Fsp3) is 0.320. The standard InChI is InChI=1S/C25H26N8O2S/c1-14(2)22-8-15(12-36-22)11-26-24(34)20-10-21(28-13-27-20)25(35)29-19-7-5-16-9-17(4-6-18(16)19)23-30-31-32-33(23)3/h4,6,8-10,12-14,19H,5,7,11H2,1-3H3,(H,26,34)(H,29,35)/t19-/m0/s1. The minimum absolute atomic E-state index is 0.139. The SMILES string of the molecule is CC(C)c1cc(CNC(=O)c2cc(C(=O)N[C@H]3CCc4cc(-c5nnnn5C)ccc43)ncn2)cs1. The molecule has 5 rings (SSSR count). The maximum atomic E-state index is 13.0. The van der Waals surface area contributed by atoms with E-state index < -0.39 is 0 Å². The van der Waals surface area contributed by atoms with Crippen LogP contribution in [0.5, 0.6) is 0 Å². The molecule has 0 fully saturated rings. The molecule has 4 aromatic rings. The van der Waals surface area contributed by atoms with Gasteiger partial charge in [-0.1, -0.05) is 26.0 Å². The van der Waals surface area contributed by atoms with E-state index in [1.54, 1.807) is 23.1 Å². The van der Waals surface area contributed by atoms with Crippen LogP contribution in [0.15, 0.2) is 42.0 Å². The molecule has 10 nitrogen and oxygen atoms in total. The summed E-state index contributed by atoms with van der Waals surface area (Å²) in [5.41, 5.74) is 4.50. The summed E-state index contributed by atoms with van der Waals surface area (Å²) < 4.78 is 1.63. The summed E-state index contributed by atoms with van der Waals surface area (Å²) in [5.74, 6) is 0.453. The number of nitrogens with zero attached hydrogens (tertiary/aromatic N) is 6. The first-order chi connectivity index (χ1) is 17.4. The van der Waals surface area contributed by atoms with Gasteiger partial charge >= 0.3 is 0 Å². The smallest absolute Gasteiger partial charge is 0.270 e. The van der Waals surface area contributed by atoms with Crippen molar-refractivity contribution in [2.75, 3.05) is 0 Å². The molecule has 0 bridgehead atoms. The molecule has 2 N–H and O–H groups in total. The number of thiophene rings is 1. The molecule has 1 aromatic carbocycles. The molecule has 3 aromatic heterocycles. The number of benzene rings is 1. The number of carbonyl (C=O) groups excluding carboxylic acids is 2. The Hall–Kier alpha value is -3.99. The number of rotatable bonds is 7. The molecule has 0 aliphatic heterocycles. The van der Waals surface area contributed by atoms with Crippen molar-refractivity contribution >= 4 is 23.2 Å². The number of hydrogen-bond acceptors (Lipinski definition) is 8. The monoisotopic (exact) mass is 502 g/mol. The predicted molar refractivity (Wildman–Crippen MR) is 134 cm³/mol. The van der Waals surface area contributed by atoms with Gasteiger partial charge < -0.3 is 10.6 Å². The molecule has 1 atom stereocenters. The predicted octanol–water partition coefficient (Wildman–Crippen LogP) is 3.20. The molecule has 11 heteroatoms. The van der Waals surface area contributed by atoms with E-state index in [0.717, 1.165) is 35.1 Å². The summed E-state index contributed by atoms with van der Waals surface area (Å²) >= 11 is 1.68. The van der Waals surface area contributed by atoms with Crippen LogP contribution in [0.3, 0.4) is 0 Å². The molecular weight excluding hydrogens is 476 g/mol. The number of tetrazole rings is 1. The van der Waals surface area contributed by atoms with Crippen molar-refractivity contribution in [3.8, 4) is 11.4 Å². The molecule has 0 unspecified atom stereocenters. The van der Waals surface area contributed by atoms with E-state index in [0.29, 0.717) is 18.3 Å². The summed E-state index contributed by atoms with van der Waals surface area (Å²) in [4.78, 5) is 35.0. The van der Waals surface area contributed by atoms with E-state index in [2.05, 4.69) is 62.1 Å². The third-order valence-corrected chi connectivity index (χ3v) is 7.51. The number of amides is 2. The average molecular weight is 503 g/mol. The second-order valence-corrected chi connectivity index (χ2v) is 10.0. The highest BCUT2D eigenvalue weighted by molar-refractivity contribution is 7.10. The number of fused-ring (bicyclic) bond motifs is 1. The van der Waals surface area contributed by atoms with Crippen LogP contribution in [0.25, 0.3) is 11.4 Å². The largest absolute Gasteiger partial charge is 0.347 e. The second kappa shape index (κ2) is 9.94. The van der Waals surface area contributed by atoms with Gasteiger partial charge in [0.05, 0.1) is 6.04 Å². The van der Waals surface area contributed by atoms with Crippen molar-refractivity contribution in [2.45, 2.75) is 45.2 Å². The van der Waals surface area contributed by atoms with Gasteiger partial charge in [0.2, 0.25) is 0 Å². The minimum atomic E-state index is -0.347. The Kier molecular flexibility index (Phi) is 6.55. The number of aryl methyl sites for hydroxylation is 2. The van der Waals surface area contributed by atoms with Crippen molar-refractivity contribution in [3.05, 3.63) is 75.0 Å². The Bertz CT molecular complexity index is 1430. The Labute approximate surface area is 212 Å². The van der Waals surface area contributed by atoms with E-state index >= 15 is 0 Å². The maximum Gasteiger partial charge on any atom is 0.270 e. The first-order valence-corrected chi connectivity index (χ1v) is 12.6. The van der Waals surface area contributed by atoms with Gasteiger partial charge in [-0.15, -0.1) is 16.4 Å². The quantitative estimate of drug-likeness (QED) is 0.397. The third-order valence-electron chi connectivity index (χ3n) is 6.23. The van der Waals surface area contributed by atoms with Gasteiger partial charge in [0.1, 0.15) is 17.7 Å². The fourth-order valence-electron chi connectivity index (χ4n) is 4.28. The van der Waals surface area contributed by atoms with Gasteiger partial charge in [0.25, 0.3) is 11.8 Å². The van der Waals surface area contributed by atoms with Crippen molar-refractivity contribution in [3.63, 3.8) is 0 Å². The van der Waals surface area contributed by atoms with E-state index in [-0.39, 0.29) is 29.2 Å². The molecule has 0 radical (unpaired) electrons. The molecular formula is C25H26N8O2S. The summed E-state index contributed by atoms with van der Waals surface area (Å²) in [7, 11) is 1.80. The lowest BCUT2D eigenvalue weighted by Crippen LogP contribution is -2.29. The first kappa shape index (κ1) is 23.7. The van der Waals surface area contributed by atoms with Crippen molar-refractivity contribution in [2.24, 2.45) is 7.05 Å². The van der Waals surface area contributed by atoms with Crippen molar-refractivity contribution in [1.29, 1.82) is 0 Å². The molecule has 1 aliphatic rings. The lowest BCUT2D eigenvalue weighted by Gasteiger charge is -2.14. The van der Waals surface area contributed by atoms with Gasteiger partial charge in [-0.2, -0.15) is 0 Å². The third kappa shape index (κ3) is 4.87. The lowest BCUT2D eigenvalue weighted by atomic mass is 10.0. The zero-order valence-corrected chi connectivity index (χ0v) is 21.0. The van der Waals surface area contributed by atoms with Gasteiger partial charge in [0.15, 0.2) is 5.82 Å². The van der Waals surface area contributed by atoms with Gasteiger partial charge in [-0.25, -0.2) is 14.6 Å². The lowest BCUT2D eigenvalue weighted by molar-refractivity contribution is 0.0931. The van der Waals surface area contributed by atoms with Crippen LogP contribution in [0.4, 0.5) is 0 Å². The Morgan fingerprint density at radius 1 is 1.14 bits per heavy atom. The van der Waals surface area contributed by atoms with E-state index in [1.165, 1.54) is 17.3 Å². The highest BCUT2D eigenvalue weighted by atomic mass is 32.1. The van der Waals surface area contributed by atoms with Crippen molar-refractivity contribution < 1.29 is 9.59 Å². The van der Waals surface area contributed by atoms with Crippen molar-refractivity contribution in [1.82, 2.24) is 40.8 Å². The fourth-order valence-corrected chi connectivity index (χ4v) is 5.21. The zero-order chi connectivity index (χ0) is 25.2. The van der Waals surface area contributed by atoms with Crippen LogP contribution in [-0.4, -0.2) is 42.0 Å². The number of aromatic nitrogens is 6. The van der Waals surface area contributed by atoms with E-state index in [4.69, 9.17) is 0 Å². The highest BCUT2D eigenvalue weighted by Gasteiger charge is 2.26. The van der Waals surface area contributed by atoms with E-state index in [9.17, 15) is 9.59 Å². The van der Waals surface area contributed by atoms with Gasteiger partial charge in [0, 0.05) is 30.1 Å². The van der Waals surface area contributed by atoms with E-state index in [1.807, 2.05) is 17.5 Å². The second-order valence-electron chi connectivity index (χ2n) is 9.09. The normalized spacial score (nSPS) is 14.6.